The fourth-order valence-corrected chi connectivity index (χ4v) is 1.97. The minimum absolute atomic E-state index is 0.255. The zero-order valence-corrected chi connectivity index (χ0v) is 10.3. The van der Waals surface area contributed by atoms with Crippen LogP contribution in [-0.4, -0.2) is 6.79 Å². The van der Waals surface area contributed by atoms with Crippen molar-refractivity contribution in [3.05, 3.63) is 59.2 Å². The minimum atomic E-state index is 0.255. The average Bonchev–Trinajstić information content (AvgIpc) is 2.92. The number of ether oxygens (including phenoxy) is 2. The predicted octanol–water partition coefficient (Wildman–Crippen LogP) is 3.57. The van der Waals surface area contributed by atoms with E-state index in [0.717, 1.165) is 22.4 Å². The molecular formula is C17H12O2. The van der Waals surface area contributed by atoms with Crippen molar-refractivity contribution in [2.75, 3.05) is 6.79 Å². The van der Waals surface area contributed by atoms with Gasteiger partial charge in [-0.15, -0.1) is 6.42 Å². The molecule has 0 N–H and O–H groups in total. The van der Waals surface area contributed by atoms with Gasteiger partial charge in [0.1, 0.15) is 0 Å². The maximum atomic E-state index is 5.53. The van der Waals surface area contributed by atoms with E-state index in [0.29, 0.717) is 5.75 Å². The predicted molar refractivity (Wildman–Crippen MR) is 75.9 cm³/mol. The van der Waals surface area contributed by atoms with Gasteiger partial charge in [0.15, 0.2) is 11.5 Å². The van der Waals surface area contributed by atoms with E-state index >= 15 is 0 Å². The first kappa shape index (κ1) is 11.4. The third kappa shape index (κ3) is 2.31. The van der Waals surface area contributed by atoms with Crippen molar-refractivity contribution in [1.29, 1.82) is 0 Å². The molecule has 2 aromatic carbocycles. The van der Waals surface area contributed by atoms with Crippen molar-refractivity contribution < 1.29 is 9.47 Å². The molecule has 0 amide bonds. The smallest absolute Gasteiger partial charge is 0.231 e. The Kier molecular flexibility index (Phi) is 2.96. The summed E-state index contributed by atoms with van der Waals surface area (Å²) < 4.78 is 10.7. The summed E-state index contributed by atoms with van der Waals surface area (Å²) in [6, 6.07) is 13.8. The highest BCUT2D eigenvalue weighted by atomic mass is 16.7. The van der Waals surface area contributed by atoms with Crippen LogP contribution in [-0.2, 0) is 0 Å². The molecule has 92 valence electrons. The maximum Gasteiger partial charge on any atom is 0.231 e. The number of terminal acetylenes is 1. The van der Waals surface area contributed by atoms with Gasteiger partial charge < -0.3 is 9.47 Å². The van der Waals surface area contributed by atoms with E-state index < -0.39 is 0 Å². The van der Waals surface area contributed by atoms with Gasteiger partial charge in [-0.2, -0.15) is 0 Å². The van der Waals surface area contributed by atoms with Gasteiger partial charge in [-0.25, -0.2) is 0 Å². The molecule has 19 heavy (non-hydrogen) atoms. The van der Waals surface area contributed by atoms with Crippen molar-refractivity contribution in [3.63, 3.8) is 0 Å². The molecule has 0 saturated carbocycles. The molecule has 0 bridgehead atoms. The lowest BCUT2D eigenvalue weighted by Crippen LogP contribution is -1.92. The lowest BCUT2D eigenvalue weighted by molar-refractivity contribution is 0.174. The molecule has 2 nitrogen and oxygen atoms in total. The van der Waals surface area contributed by atoms with E-state index in [9.17, 15) is 0 Å². The van der Waals surface area contributed by atoms with Crippen molar-refractivity contribution in [2.45, 2.75) is 0 Å². The Morgan fingerprint density at radius 3 is 2.47 bits per heavy atom. The van der Waals surface area contributed by atoms with Crippen LogP contribution >= 0.6 is 0 Å². The van der Waals surface area contributed by atoms with E-state index in [1.165, 1.54) is 0 Å². The lowest BCUT2D eigenvalue weighted by atomic mass is 10.1. The SMILES string of the molecule is C#Cc1cc2c(cc1C=Cc1ccccc1)OCO2. The van der Waals surface area contributed by atoms with Gasteiger partial charge in [-0.1, -0.05) is 48.4 Å². The van der Waals surface area contributed by atoms with Gasteiger partial charge >= 0.3 is 0 Å². The Labute approximate surface area is 112 Å². The molecule has 0 saturated heterocycles. The fourth-order valence-electron chi connectivity index (χ4n) is 1.97. The second-order valence-corrected chi connectivity index (χ2v) is 4.18. The van der Waals surface area contributed by atoms with E-state index in [1.54, 1.807) is 0 Å². The first-order valence-corrected chi connectivity index (χ1v) is 6.00. The molecule has 0 radical (unpaired) electrons. The Balaban J connectivity index is 1.97. The summed E-state index contributed by atoms with van der Waals surface area (Å²) in [5.41, 5.74) is 2.88. The van der Waals surface area contributed by atoms with Gasteiger partial charge in [0.05, 0.1) is 0 Å². The second kappa shape index (κ2) is 4.91. The topological polar surface area (TPSA) is 18.5 Å². The molecule has 0 fully saturated rings. The quantitative estimate of drug-likeness (QED) is 0.597. The van der Waals surface area contributed by atoms with Crippen molar-refractivity contribution in [3.8, 4) is 23.8 Å². The maximum absolute atomic E-state index is 5.53. The molecule has 0 aromatic heterocycles. The van der Waals surface area contributed by atoms with Crippen LogP contribution in [0.1, 0.15) is 16.7 Å². The normalized spacial score (nSPS) is 12.6. The van der Waals surface area contributed by atoms with Crippen LogP contribution in [0.15, 0.2) is 42.5 Å². The molecule has 2 heteroatoms. The zero-order chi connectivity index (χ0) is 13.1. The molecule has 0 spiro atoms. The first-order chi connectivity index (χ1) is 9.36. The number of hydrogen-bond donors (Lipinski definition) is 0. The fraction of sp³-hybridized carbons (Fsp3) is 0.0588. The number of fused-ring (bicyclic) bond motifs is 1. The Morgan fingerprint density at radius 2 is 1.74 bits per heavy atom. The third-order valence-electron chi connectivity index (χ3n) is 2.96. The summed E-state index contributed by atoms with van der Waals surface area (Å²) in [5.74, 6) is 4.13. The summed E-state index contributed by atoms with van der Waals surface area (Å²) in [4.78, 5) is 0. The van der Waals surface area contributed by atoms with Crippen molar-refractivity contribution in [1.82, 2.24) is 0 Å². The molecule has 3 rings (SSSR count). The van der Waals surface area contributed by atoms with E-state index in [2.05, 4.69) is 5.92 Å². The molecular weight excluding hydrogens is 236 g/mol. The average molecular weight is 248 g/mol. The first-order valence-electron chi connectivity index (χ1n) is 6.00. The van der Waals surface area contributed by atoms with Crippen LogP contribution in [0.4, 0.5) is 0 Å². The Morgan fingerprint density at radius 1 is 1.00 bits per heavy atom. The monoisotopic (exact) mass is 248 g/mol. The van der Waals surface area contributed by atoms with Gasteiger partial charge in [-0.05, 0) is 17.2 Å². The van der Waals surface area contributed by atoms with Crippen LogP contribution < -0.4 is 9.47 Å². The van der Waals surface area contributed by atoms with Crippen molar-refractivity contribution in [2.24, 2.45) is 0 Å². The lowest BCUT2D eigenvalue weighted by Gasteiger charge is -2.02. The molecule has 1 heterocycles. The zero-order valence-electron chi connectivity index (χ0n) is 10.3. The Bertz CT molecular complexity index is 664. The van der Waals surface area contributed by atoms with Crippen LogP contribution in [0.2, 0.25) is 0 Å². The van der Waals surface area contributed by atoms with E-state index in [4.69, 9.17) is 15.9 Å². The summed E-state index contributed by atoms with van der Waals surface area (Å²) in [5, 5.41) is 0. The van der Waals surface area contributed by atoms with Crippen LogP contribution in [0.3, 0.4) is 0 Å². The van der Waals surface area contributed by atoms with Gasteiger partial charge in [-0.3, -0.25) is 0 Å². The number of rotatable bonds is 2. The molecule has 0 atom stereocenters. The summed E-state index contributed by atoms with van der Waals surface area (Å²) >= 11 is 0. The Hall–Kier alpha value is -2.66. The second-order valence-electron chi connectivity index (χ2n) is 4.18. The largest absolute Gasteiger partial charge is 0.454 e. The standard InChI is InChI=1S/C17H12O2/c1-2-14-10-16-17(19-12-18-16)11-15(14)9-8-13-6-4-3-5-7-13/h1,3-11H,12H2. The van der Waals surface area contributed by atoms with Crippen LogP contribution in [0, 0.1) is 12.3 Å². The molecule has 1 aliphatic rings. The van der Waals surface area contributed by atoms with Gasteiger partial charge in [0.25, 0.3) is 0 Å². The number of benzene rings is 2. The molecule has 2 aromatic rings. The third-order valence-corrected chi connectivity index (χ3v) is 2.96. The number of hydrogen-bond acceptors (Lipinski definition) is 2. The van der Waals surface area contributed by atoms with Gasteiger partial charge in [0, 0.05) is 11.6 Å². The summed E-state index contributed by atoms with van der Waals surface area (Å²) in [6.45, 7) is 0.255. The molecule has 1 aliphatic heterocycles. The summed E-state index contributed by atoms with van der Waals surface area (Å²) in [7, 11) is 0. The van der Waals surface area contributed by atoms with Crippen molar-refractivity contribution >= 4 is 12.2 Å². The highest BCUT2D eigenvalue weighted by molar-refractivity contribution is 5.74. The molecule has 0 aliphatic carbocycles. The van der Waals surface area contributed by atoms with Crippen LogP contribution in [0.25, 0.3) is 12.2 Å². The van der Waals surface area contributed by atoms with Gasteiger partial charge in [0.2, 0.25) is 6.79 Å². The molecule has 0 unspecified atom stereocenters. The van der Waals surface area contributed by atoms with Crippen LogP contribution in [0.5, 0.6) is 11.5 Å². The van der Waals surface area contributed by atoms with E-state index in [-0.39, 0.29) is 6.79 Å². The highest BCUT2D eigenvalue weighted by Gasteiger charge is 2.15. The van der Waals surface area contributed by atoms with E-state index in [1.807, 2.05) is 54.6 Å². The summed E-state index contributed by atoms with van der Waals surface area (Å²) in [6.07, 6.45) is 9.55. The highest BCUT2D eigenvalue weighted by Crippen LogP contribution is 2.35. The minimum Gasteiger partial charge on any atom is -0.454 e.